The van der Waals surface area contributed by atoms with Crippen LogP contribution in [-0.4, -0.2) is 0 Å². The SMILES string of the molecule is Ic1cccc(COc2cccc3ccccc23)c1-c1cccc2ccccc12. The van der Waals surface area contributed by atoms with Gasteiger partial charge in [-0.3, -0.25) is 0 Å². The van der Waals surface area contributed by atoms with E-state index < -0.39 is 0 Å². The summed E-state index contributed by atoms with van der Waals surface area (Å²) in [5.74, 6) is 0.922. The summed E-state index contributed by atoms with van der Waals surface area (Å²) in [5, 5.41) is 4.87. The van der Waals surface area contributed by atoms with Gasteiger partial charge in [-0.05, 0) is 62.0 Å². The molecule has 0 saturated heterocycles. The summed E-state index contributed by atoms with van der Waals surface area (Å²) in [6.07, 6.45) is 0. The highest BCUT2D eigenvalue weighted by atomic mass is 127. The van der Waals surface area contributed by atoms with Crippen molar-refractivity contribution in [3.63, 3.8) is 0 Å². The molecule has 5 aromatic carbocycles. The molecule has 0 bridgehead atoms. The van der Waals surface area contributed by atoms with Crippen LogP contribution in [0.5, 0.6) is 5.75 Å². The maximum Gasteiger partial charge on any atom is 0.127 e. The zero-order chi connectivity index (χ0) is 19.6. The van der Waals surface area contributed by atoms with Crippen molar-refractivity contribution in [1.82, 2.24) is 0 Å². The summed E-state index contributed by atoms with van der Waals surface area (Å²) in [5.41, 5.74) is 3.70. The molecule has 0 spiro atoms. The quantitative estimate of drug-likeness (QED) is 0.235. The molecular weight excluding hydrogens is 467 g/mol. The van der Waals surface area contributed by atoms with Crippen molar-refractivity contribution in [2.45, 2.75) is 6.61 Å². The maximum absolute atomic E-state index is 6.33. The molecule has 29 heavy (non-hydrogen) atoms. The summed E-state index contributed by atoms with van der Waals surface area (Å²) in [6.45, 7) is 0.531. The third kappa shape index (κ3) is 3.49. The smallest absolute Gasteiger partial charge is 0.127 e. The van der Waals surface area contributed by atoms with Crippen molar-refractivity contribution in [2.24, 2.45) is 0 Å². The van der Waals surface area contributed by atoms with Gasteiger partial charge in [0.15, 0.2) is 0 Å². The zero-order valence-electron chi connectivity index (χ0n) is 15.8. The van der Waals surface area contributed by atoms with Crippen LogP contribution in [0.1, 0.15) is 5.56 Å². The van der Waals surface area contributed by atoms with E-state index in [0.717, 1.165) is 11.1 Å². The second kappa shape index (κ2) is 7.88. The number of ether oxygens (including phenoxy) is 1. The van der Waals surface area contributed by atoms with Gasteiger partial charge in [0.1, 0.15) is 12.4 Å². The molecule has 5 rings (SSSR count). The van der Waals surface area contributed by atoms with Crippen LogP contribution in [-0.2, 0) is 6.61 Å². The molecule has 0 unspecified atom stereocenters. The molecule has 0 aliphatic rings. The predicted octanol–water partition coefficient (Wildman–Crippen LogP) is 7.84. The first-order chi connectivity index (χ1) is 14.3. The number of benzene rings is 5. The first kappa shape index (κ1) is 18.2. The highest BCUT2D eigenvalue weighted by Gasteiger charge is 2.13. The Balaban J connectivity index is 1.58. The Hall–Kier alpha value is -2.85. The van der Waals surface area contributed by atoms with E-state index in [1.807, 2.05) is 6.07 Å². The average Bonchev–Trinajstić information content (AvgIpc) is 2.77. The van der Waals surface area contributed by atoms with Gasteiger partial charge in [0, 0.05) is 14.5 Å². The van der Waals surface area contributed by atoms with Gasteiger partial charge in [0.25, 0.3) is 0 Å². The van der Waals surface area contributed by atoms with Crippen LogP contribution >= 0.6 is 22.6 Å². The van der Waals surface area contributed by atoms with E-state index in [1.54, 1.807) is 0 Å². The zero-order valence-corrected chi connectivity index (χ0v) is 18.0. The van der Waals surface area contributed by atoms with Gasteiger partial charge < -0.3 is 4.74 Å². The molecule has 0 heterocycles. The van der Waals surface area contributed by atoms with Gasteiger partial charge in [0.05, 0.1) is 0 Å². The minimum atomic E-state index is 0.531. The fraction of sp³-hybridized carbons (Fsp3) is 0.0370. The maximum atomic E-state index is 6.33. The predicted molar refractivity (Wildman–Crippen MR) is 130 cm³/mol. The number of fused-ring (bicyclic) bond motifs is 2. The minimum absolute atomic E-state index is 0.531. The summed E-state index contributed by atoms with van der Waals surface area (Å²) in [6, 6.07) is 36.1. The molecule has 2 heteroatoms. The molecule has 0 amide bonds. The lowest BCUT2D eigenvalue weighted by Gasteiger charge is -2.16. The normalized spacial score (nSPS) is 11.1. The lowest BCUT2D eigenvalue weighted by atomic mass is 9.95. The molecular formula is C27H19IO. The van der Waals surface area contributed by atoms with E-state index in [-0.39, 0.29) is 0 Å². The molecule has 0 atom stereocenters. The Bertz CT molecular complexity index is 1310. The number of hydrogen-bond acceptors (Lipinski definition) is 1. The third-order valence-corrected chi connectivity index (χ3v) is 6.19. The van der Waals surface area contributed by atoms with Crippen molar-refractivity contribution in [1.29, 1.82) is 0 Å². The lowest BCUT2D eigenvalue weighted by Crippen LogP contribution is -2.00. The van der Waals surface area contributed by atoms with Crippen LogP contribution in [0.3, 0.4) is 0 Å². The van der Waals surface area contributed by atoms with Gasteiger partial charge >= 0.3 is 0 Å². The third-order valence-electron chi connectivity index (χ3n) is 5.29. The standard InChI is InChI=1S/C27H19IO/c28-25-16-6-12-21(18-29-26-17-7-11-20-9-2-4-14-23(20)26)27(25)24-15-5-10-19-8-1-3-13-22(19)24/h1-17H,18H2. The van der Waals surface area contributed by atoms with Gasteiger partial charge in [-0.15, -0.1) is 0 Å². The van der Waals surface area contributed by atoms with E-state index in [4.69, 9.17) is 4.74 Å². The highest BCUT2D eigenvalue weighted by molar-refractivity contribution is 14.1. The van der Waals surface area contributed by atoms with E-state index in [0.29, 0.717) is 6.61 Å². The first-order valence-electron chi connectivity index (χ1n) is 9.67. The molecule has 5 aromatic rings. The summed E-state index contributed by atoms with van der Waals surface area (Å²) in [7, 11) is 0. The molecule has 0 N–H and O–H groups in total. The van der Waals surface area contributed by atoms with Crippen LogP contribution in [0.4, 0.5) is 0 Å². The van der Waals surface area contributed by atoms with Crippen molar-refractivity contribution in [3.8, 4) is 16.9 Å². The summed E-state index contributed by atoms with van der Waals surface area (Å²) in [4.78, 5) is 0. The second-order valence-electron chi connectivity index (χ2n) is 7.07. The van der Waals surface area contributed by atoms with E-state index in [1.165, 1.54) is 36.4 Å². The van der Waals surface area contributed by atoms with Gasteiger partial charge in [-0.1, -0.05) is 91.0 Å². The Kier molecular flexibility index (Phi) is 4.94. The number of halogens is 1. The fourth-order valence-corrected chi connectivity index (χ4v) is 4.76. The van der Waals surface area contributed by atoms with E-state index in [2.05, 4.69) is 120 Å². The van der Waals surface area contributed by atoms with Gasteiger partial charge in [-0.25, -0.2) is 0 Å². The van der Waals surface area contributed by atoms with E-state index >= 15 is 0 Å². The Labute approximate surface area is 184 Å². The molecule has 140 valence electrons. The Morgan fingerprint density at radius 3 is 2.03 bits per heavy atom. The monoisotopic (exact) mass is 486 g/mol. The van der Waals surface area contributed by atoms with Crippen molar-refractivity contribution < 1.29 is 4.74 Å². The Morgan fingerprint density at radius 1 is 0.586 bits per heavy atom. The van der Waals surface area contributed by atoms with Crippen LogP contribution in [0.15, 0.2) is 103 Å². The minimum Gasteiger partial charge on any atom is -0.488 e. The number of rotatable bonds is 4. The second-order valence-corrected chi connectivity index (χ2v) is 8.23. The Morgan fingerprint density at radius 2 is 1.21 bits per heavy atom. The molecule has 0 aliphatic carbocycles. The van der Waals surface area contributed by atoms with Crippen molar-refractivity contribution >= 4 is 44.1 Å². The summed E-state index contributed by atoms with van der Waals surface area (Å²) >= 11 is 2.44. The van der Waals surface area contributed by atoms with Crippen molar-refractivity contribution in [2.75, 3.05) is 0 Å². The fourth-order valence-electron chi connectivity index (χ4n) is 3.91. The molecule has 0 fully saturated rings. The molecule has 0 radical (unpaired) electrons. The topological polar surface area (TPSA) is 9.23 Å². The highest BCUT2D eigenvalue weighted by Crippen LogP contribution is 2.35. The average molecular weight is 486 g/mol. The van der Waals surface area contributed by atoms with Crippen molar-refractivity contribution in [3.05, 3.63) is 112 Å². The van der Waals surface area contributed by atoms with Gasteiger partial charge in [0.2, 0.25) is 0 Å². The van der Waals surface area contributed by atoms with Crippen LogP contribution < -0.4 is 4.74 Å². The van der Waals surface area contributed by atoms with E-state index in [9.17, 15) is 0 Å². The molecule has 1 nitrogen and oxygen atoms in total. The van der Waals surface area contributed by atoms with Gasteiger partial charge in [-0.2, -0.15) is 0 Å². The number of hydrogen-bond donors (Lipinski definition) is 0. The van der Waals surface area contributed by atoms with Crippen LogP contribution in [0.2, 0.25) is 0 Å². The lowest BCUT2D eigenvalue weighted by molar-refractivity contribution is 0.310. The molecule has 0 aromatic heterocycles. The molecule has 0 saturated carbocycles. The summed E-state index contributed by atoms with van der Waals surface area (Å²) < 4.78 is 7.57. The largest absolute Gasteiger partial charge is 0.488 e. The van der Waals surface area contributed by atoms with Crippen LogP contribution in [0, 0.1) is 3.57 Å². The van der Waals surface area contributed by atoms with Crippen LogP contribution in [0.25, 0.3) is 32.7 Å². The molecule has 0 aliphatic heterocycles. The first-order valence-corrected chi connectivity index (χ1v) is 10.8.